The van der Waals surface area contributed by atoms with Crippen molar-refractivity contribution in [2.45, 2.75) is 70.9 Å². The lowest BCUT2D eigenvalue weighted by Crippen LogP contribution is -2.58. The van der Waals surface area contributed by atoms with Crippen LogP contribution in [0.25, 0.3) is 0 Å². The van der Waals surface area contributed by atoms with Crippen molar-refractivity contribution in [1.82, 2.24) is 5.32 Å². The van der Waals surface area contributed by atoms with Crippen LogP contribution in [-0.4, -0.2) is 18.8 Å². The Balaban J connectivity index is 1.48. The van der Waals surface area contributed by atoms with Crippen molar-refractivity contribution in [3.8, 4) is 11.5 Å². The first-order chi connectivity index (χ1) is 12.6. The van der Waals surface area contributed by atoms with Gasteiger partial charge in [0.25, 0.3) is 0 Å². The number of hydrogen-bond donors (Lipinski definition) is 1. The van der Waals surface area contributed by atoms with E-state index in [1.54, 1.807) is 0 Å². The summed E-state index contributed by atoms with van der Waals surface area (Å²) < 4.78 is 11.6. The van der Waals surface area contributed by atoms with Crippen LogP contribution in [0, 0.1) is 17.8 Å². The Morgan fingerprint density at radius 3 is 2.27 bits per heavy atom. The molecule has 1 aromatic rings. The van der Waals surface area contributed by atoms with Crippen LogP contribution >= 0.6 is 11.6 Å². The van der Waals surface area contributed by atoms with Crippen LogP contribution < -0.4 is 14.8 Å². The summed E-state index contributed by atoms with van der Waals surface area (Å²) in [6.45, 7) is 6.23. The van der Waals surface area contributed by atoms with Gasteiger partial charge in [0.2, 0.25) is 0 Å². The summed E-state index contributed by atoms with van der Waals surface area (Å²) in [5.74, 6) is 4.34. The molecule has 144 valence electrons. The SMILES string of the molecule is CCCOc1c(Cl)cc(CNC23CC4CC(CC(C4)C2)C3)cc1OCC. The van der Waals surface area contributed by atoms with Crippen molar-refractivity contribution < 1.29 is 9.47 Å². The van der Waals surface area contributed by atoms with Crippen LogP contribution in [-0.2, 0) is 6.54 Å². The Kier molecular flexibility index (Phi) is 5.38. The largest absolute Gasteiger partial charge is 0.490 e. The van der Waals surface area contributed by atoms with E-state index < -0.39 is 0 Å². The third-order valence-corrected chi connectivity index (χ3v) is 6.81. The lowest BCUT2D eigenvalue weighted by atomic mass is 9.53. The minimum Gasteiger partial charge on any atom is -0.490 e. The maximum Gasteiger partial charge on any atom is 0.179 e. The number of nitrogens with one attached hydrogen (secondary N) is 1. The Hall–Kier alpha value is -0.930. The van der Waals surface area contributed by atoms with Gasteiger partial charge in [-0.15, -0.1) is 0 Å². The van der Waals surface area contributed by atoms with E-state index in [-0.39, 0.29) is 0 Å². The van der Waals surface area contributed by atoms with Gasteiger partial charge >= 0.3 is 0 Å². The second-order valence-corrected chi connectivity index (χ2v) is 9.15. The van der Waals surface area contributed by atoms with Gasteiger partial charge in [-0.2, -0.15) is 0 Å². The summed E-state index contributed by atoms with van der Waals surface area (Å²) in [5.41, 5.74) is 1.56. The highest BCUT2D eigenvalue weighted by Gasteiger charge is 2.50. The van der Waals surface area contributed by atoms with Gasteiger partial charge < -0.3 is 14.8 Å². The van der Waals surface area contributed by atoms with E-state index in [9.17, 15) is 0 Å². The number of benzene rings is 1. The molecule has 4 aliphatic rings. The fourth-order valence-corrected chi connectivity index (χ4v) is 6.24. The van der Waals surface area contributed by atoms with Crippen LogP contribution in [0.5, 0.6) is 11.5 Å². The second kappa shape index (κ2) is 7.59. The predicted molar refractivity (Wildman–Crippen MR) is 106 cm³/mol. The molecule has 3 nitrogen and oxygen atoms in total. The zero-order chi connectivity index (χ0) is 18.1. The van der Waals surface area contributed by atoms with E-state index in [1.165, 1.54) is 44.1 Å². The Bertz CT molecular complexity index is 610. The van der Waals surface area contributed by atoms with Crippen molar-refractivity contribution >= 4 is 11.6 Å². The van der Waals surface area contributed by atoms with Gasteiger partial charge in [0.15, 0.2) is 11.5 Å². The lowest BCUT2D eigenvalue weighted by molar-refractivity contribution is -0.0206. The number of ether oxygens (including phenoxy) is 2. The van der Waals surface area contributed by atoms with E-state index in [0.29, 0.717) is 29.5 Å². The number of halogens is 1. The molecule has 4 saturated carbocycles. The fraction of sp³-hybridized carbons (Fsp3) is 0.727. The van der Waals surface area contributed by atoms with Crippen LogP contribution in [0.15, 0.2) is 12.1 Å². The average Bonchev–Trinajstić information content (AvgIpc) is 2.58. The maximum atomic E-state index is 6.53. The quantitative estimate of drug-likeness (QED) is 0.640. The molecule has 0 atom stereocenters. The first-order valence-electron chi connectivity index (χ1n) is 10.4. The average molecular weight is 378 g/mol. The maximum absolute atomic E-state index is 6.53. The fourth-order valence-electron chi connectivity index (χ4n) is 5.95. The molecule has 4 fully saturated rings. The molecule has 0 radical (unpaired) electrons. The summed E-state index contributed by atoms with van der Waals surface area (Å²) in [7, 11) is 0. The van der Waals surface area contributed by atoms with Crippen molar-refractivity contribution in [3.05, 3.63) is 22.7 Å². The first kappa shape index (κ1) is 18.4. The van der Waals surface area contributed by atoms with Gasteiger partial charge in [-0.1, -0.05) is 18.5 Å². The second-order valence-electron chi connectivity index (χ2n) is 8.74. The zero-order valence-corrected chi connectivity index (χ0v) is 16.9. The van der Waals surface area contributed by atoms with Crippen LogP contribution in [0.4, 0.5) is 0 Å². The summed E-state index contributed by atoms with van der Waals surface area (Å²) in [5, 5.41) is 4.61. The topological polar surface area (TPSA) is 30.5 Å². The smallest absolute Gasteiger partial charge is 0.179 e. The summed E-state index contributed by atoms with van der Waals surface area (Å²) in [6.07, 6.45) is 9.48. The molecule has 0 unspecified atom stereocenters. The molecule has 4 heteroatoms. The van der Waals surface area contributed by atoms with Gasteiger partial charge in [-0.3, -0.25) is 0 Å². The highest BCUT2D eigenvalue weighted by Crippen LogP contribution is 2.55. The molecule has 0 heterocycles. The lowest BCUT2D eigenvalue weighted by Gasteiger charge is -2.57. The third-order valence-electron chi connectivity index (χ3n) is 6.53. The van der Waals surface area contributed by atoms with E-state index in [1.807, 2.05) is 13.0 Å². The molecular weight excluding hydrogens is 346 g/mol. The molecule has 0 aliphatic heterocycles. The minimum atomic E-state index is 0.365. The van der Waals surface area contributed by atoms with E-state index >= 15 is 0 Å². The van der Waals surface area contributed by atoms with E-state index in [0.717, 1.165) is 36.5 Å². The molecule has 4 aliphatic carbocycles. The molecule has 0 amide bonds. The highest BCUT2D eigenvalue weighted by atomic mass is 35.5. The number of rotatable bonds is 8. The summed E-state index contributed by atoms with van der Waals surface area (Å²) >= 11 is 6.53. The molecule has 0 spiro atoms. The Morgan fingerprint density at radius 2 is 1.69 bits per heavy atom. The predicted octanol–water partition coefficient (Wildman–Crippen LogP) is 5.59. The Morgan fingerprint density at radius 1 is 1.04 bits per heavy atom. The first-order valence-corrected chi connectivity index (χ1v) is 10.8. The van der Waals surface area contributed by atoms with Crippen LogP contribution in [0.2, 0.25) is 5.02 Å². The minimum absolute atomic E-state index is 0.365. The molecule has 5 rings (SSSR count). The zero-order valence-electron chi connectivity index (χ0n) is 16.2. The third kappa shape index (κ3) is 3.71. The summed E-state index contributed by atoms with van der Waals surface area (Å²) in [4.78, 5) is 0. The van der Waals surface area contributed by atoms with Crippen molar-refractivity contribution in [2.24, 2.45) is 17.8 Å². The monoisotopic (exact) mass is 377 g/mol. The standard InChI is InChI=1S/C22H32ClNO2/c1-3-5-26-21-19(23)9-18(10-20(21)25-4-2)14-24-22-11-15-6-16(12-22)8-17(7-15)13-22/h9-10,15-17,24H,3-8,11-14H2,1-2H3. The number of hydrogen-bond acceptors (Lipinski definition) is 3. The van der Waals surface area contributed by atoms with Crippen molar-refractivity contribution in [1.29, 1.82) is 0 Å². The van der Waals surface area contributed by atoms with E-state index in [4.69, 9.17) is 21.1 Å². The highest BCUT2D eigenvalue weighted by molar-refractivity contribution is 6.32. The molecule has 0 saturated heterocycles. The molecule has 4 bridgehead atoms. The van der Waals surface area contributed by atoms with Gasteiger partial charge in [0.05, 0.1) is 18.2 Å². The molecule has 26 heavy (non-hydrogen) atoms. The molecule has 0 aromatic heterocycles. The van der Waals surface area contributed by atoms with Crippen molar-refractivity contribution in [3.63, 3.8) is 0 Å². The van der Waals surface area contributed by atoms with Gasteiger partial charge in [0, 0.05) is 12.1 Å². The molecule has 1 aromatic carbocycles. The van der Waals surface area contributed by atoms with Crippen molar-refractivity contribution in [2.75, 3.05) is 13.2 Å². The van der Waals surface area contributed by atoms with E-state index in [2.05, 4.69) is 18.3 Å². The Labute approximate surface area is 162 Å². The van der Waals surface area contributed by atoms with Gasteiger partial charge in [-0.05, 0) is 87.3 Å². The van der Waals surface area contributed by atoms with Crippen LogP contribution in [0.3, 0.4) is 0 Å². The molecular formula is C22H32ClNO2. The summed E-state index contributed by atoms with van der Waals surface area (Å²) in [6, 6.07) is 4.15. The molecule has 1 N–H and O–H groups in total. The van der Waals surface area contributed by atoms with Gasteiger partial charge in [0.1, 0.15) is 0 Å². The van der Waals surface area contributed by atoms with Crippen LogP contribution in [0.1, 0.15) is 64.4 Å². The normalized spacial score (nSPS) is 32.0. The van der Waals surface area contributed by atoms with Gasteiger partial charge in [-0.25, -0.2) is 0 Å².